The van der Waals surface area contributed by atoms with Gasteiger partial charge in [0.2, 0.25) is 10.0 Å². The molecule has 0 saturated carbocycles. The molecule has 1 aliphatic heterocycles. The number of ether oxygens (including phenoxy) is 2. The zero-order chi connectivity index (χ0) is 27.2. The quantitative estimate of drug-likeness (QED) is 0.235. The molecule has 39 heavy (non-hydrogen) atoms. The second kappa shape index (κ2) is 11.5. The monoisotopic (exact) mass is 546 g/mol. The van der Waals surface area contributed by atoms with Crippen molar-refractivity contribution in [1.82, 2.24) is 4.31 Å². The van der Waals surface area contributed by atoms with E-state index in [4.69, 9.17) is 13.9 Å². The molecule has 10 heteroatoms. The molecule has 2 heterocycles. The fraction of sp³-hybridized carbons (Fsp3) is 0.172. The molecule has 3 aromatic carbocycles. The van der Waals surface area contributed by atoms with Crippen LogP contribution in [0.5, 0.6) is 17.2 Å². The normalized spacial score (nSPS) is 14.5. The van der Waals surface area contributed by atoms with E-state index < -0.39 is 27.8 Å². The largest absolute Gasteiger partial charge is 0.459 e. The van der Waals surface area contributed by atoms with Gasteiger partial charge in [-0.05, 0) is 73.5 Å². The predicted octanol–water partition coefficient (Wildman–Crippen LogP) is 5.33. The van der Waals surface area contributed by atoms with Gasteiger partial charge in [-0.2, -0.15) is 4.31 Å². The van der Waals surface area contributed by atoms with Crippen molar-refractivity contribution in [2.75, 3.05) is 18.4 Å². The van der Waals surface area contributed by atoms with Crippen molar-refractivity contribution in [2.24, 2.45) is 5.92 Å². The van der Waals surface area contributed by atoms with Crippen LogP contribution in [0.4, 0.5) is 5.69 Å². The molecule has 1 amide bonds. The van der Waals surface area contributed by atoms with Gasteiger partial charge in [0.25, 0.3) is 5.91 Å². The third kappa shape index (κ3) is 6.36. The molecule has 0 bridgehead atoms. The number of carbonyl (C=O) groups is 2. The highest BCUT2D eigenvalue weighted by atomic mass is 32.2. The van der Waals surface area contributed by atoms with Gasteiger partial charge in [-0.1, -0.05) is 24.3 Å². The van der Waals surface area contributed by atoms with Crippen LogP contribution in [0.1, 0.15) is 23.4 Å². The maximum absolute atomic E-state index is 13.2. The first-order valence-corrected chi connectivity index (χ1v) is 13.8. The third-order valence-corrected chi connectivity index (χ3v) is 8.20. The Morgan fingerprint density at radius 1 is 0.821 bits per heavy atom. The molecule has 1 aromatic heterocycles. The molecule has 1 saturated heterocycles. The summed E-state index contributed by atoms with van der Waals surface area (Å²) >= 11 is 0. The van der Waals surface area contributed by atoms with Crippen molar-refractivity contribution >= 4 is 27.6 Å². The lowest BCUT2D eigenvalue weighted by atomic mass is 9.98. The number of piperidine rings is 1. The van der Waals surface area contributed by atoms with Crippen LogP contribution in [-0.2, 0) is 14.8 Å². The highest BCUT2D eigenvalue weighted by molar-refractivity contribution is 7.89. The Balaban J connectivity index is 1.15. The summed E-state index contributed by atoms with van der Waals surface area (Å²) in [6, 6.07) is 25.2. The van der Waals surface area contributed by atoms with E-state index >= 15 is 0 Å². The number of hydrogen-bond donors (Lipinski definition) is 1. The third-order valence-electron chi connectivity index (χ3n) is 6.28. The Kier molecular flexibility index (Phi) is 7.76. The highest BCUT2D eigenvalue weighted by Crippen LogP contribution is 2.28. The molecular weight excluding hydrogens is 520 g/mol. The lowest BCUT2D eigenvalue weighted by molar-refractivity contribution is -0.140. The fourth-order valence-corrected chi connectivity index (χ4v) is 5.69. The number of carbonyl (C=O) groups excluding carboxylic acids is 2. The Hall–Kier alpha value is -4.41. The summed E-state index contributed by atoms with van der Waals surface area (Å²) < 4.78 is 44.1. The molecule has 0 atom stereocenters. The number of nitrogens with zero attached hydrogens (tertiary/aromatic N) is 1. The average molecular weight is 547 g/mol. The van der Waals surface area contributed by atoms with Crippen LogP contribution in [0.25, 0.3) is 0 Å². The minimum absolute atomic E-state index is 0.163. The van der Waals surface area contributed by atoms with Gasteiger partial charge in [-0.15, -0.1) is 0 Å². The van der Waals surface area contributed by atoms with Crippen molar-refractivity contribution in [3.63, 3.8) is 0 Å². The molecule has 1 aliphatic rings. The van der Waals surface area contributed by atoms with E-state index in [2.05, 4.69) is 5.32 Å². The lowest BCUT2D eigenvalue weighted by Crippen LogP contribution is -2.41. The molecule has 0 spiro atoms. The van der Waals surface area contributed by atoms with Crippen LogP contribution in [0.15, 0.2) is 107 Å². The standard InChI is InChI=1S/C29H26N2O7S/c32-28(27-10-5-19-36-27)30-22-6-4-9-25(20-22)38-29(33)21-15-17-31(18-16-21)39(34,35)26-13-11-24(12-14-26)37-23-7-2-1-3-8-23/h1-14,19-21H,15-18H2,(H,30,32). The Bertz CT molecular complexity index is 1530. The number of furan rings is 1. The van der Waals surface area contributed by atoms with Gasteiger partial charge >= 0.3 is 5.97 Å². The molecule has 5 rings (SSSR count). The maximum atomic E-state index is 13.2. The van der Waals surface area contributed by atoms with E-state index in [9.17, 15) is 18.0 Å². The van der Waals surface area contributed by atoms with E-state index in [-0.39, 0.29) is 29.5 Å². The summed E-state index contributed by atoms with van der Waals surface area (Å²) in [6.45, 7) is 0.396. The molecule has 0 unspecified atom stereocenters. The van der Waals surface area contributed by atoms with Crippen LogP contribution in [-0.4, -0.2) is 37.7 Å². The number of anilines is 1. The van der Waals surface area contributed by atoms with Gasteiger partial charge in [0.15, 0.2) is 5.76 Å². The summed E-state index contributed by atoms with van der Waals surface area (Å²) in [7, 11) is -3.72. The first kappa shape index (κ1) is 26.2. The number of esters is 1. The van der Waals surface area contributed by atoms with Gasteiger partial charge in [-0.25, -0.2) is 8.42 Å². The summed E-state index contributed by atoms with van der Waals surface area (Å²) in [5.74, 6) is 0.332. The predicted molar refractivity (Wildman–Crippen MR) is 143 cm³/mol. The summed E-state index contributed by atoms with van der Waals surface area (Å²) in [5.41, 5.74) is 0.447. The van der Waals surface area contributed by atoms with E-state index in [1.807, 2.05) is 30.3 Å². The molecule has 0 radical (unpaired) electrons. The van der Waals surface area contributed by atoms with E-state index in [1.165, 1.54) is 22.7 Å². The smallest absolute Gasteiger partial charge is 0.314 e. The van der Waals surface area contributed by atoms with Crippen LogP contribution in [0.2, 0.25) is 0 Å². The first-order chi connectivity index (χ1) is 18.9. The average Bonchev–Trinajstić information content (AvgIpc) is 3.50. The molecule has 0 aliphatic carbocycles. The number of nitrogens with one attached hydrogen (secondary N) is 1. The van der Waals surface area contributed by atoms with E-state index in [0.29, 0.717) is 30.0 Å². The minimum Gasteiger partial charge on any atom is -0.459 e. The number of benzene rings is 3. The number of hydrogen-bond acceptors (Lipinski definition) is 7. The Morgan fingerprint density at radius 2 is 1.51 bits per heavy atom. The minimum atomic E-state index is -3.72. The van der Waals surface area contributed by atoms with Crippen LogP contribution in [0.3, 0.4) is 0 Å². The summed E-state index contributed by atoms with van der Waals surface area (Å²) in [5, 5.41) is 2.69. The molecule has 200 valence electrons. The summed E-state index contributed by atoms with van der Waals surface area (Å²) in [4.78, 5) is 25.1. The Morgan fingerprint density at radius 3 is 2.21 bits per heavy atom. The molecule has 1 fully saturated rings. The molecular formula is C29H26N2O7S. The lowest BCUT2D eigenvalue weighted by Gasteiger charge is -2.30. The zero-order valence-electron chi connectivity index (χ0n) is 20.9. The van der Waals surface area contributed by atoms with Crippen molar-refractivity contribution < 1.29 is 31.9 Å². The molecule has 1 N–H and O–H groups in total. The number of amides is 1. The topological polar surface area (TPSA) is 115 Å². The number of rotatable bonds is 8. The van der Waals surface area contributed by atoms with Crippen LogP contribution < -0.4 is 14.8 Å². The van der Waals surface area contributed by atoms with E-state index in [1.54, 1.807) is 48.5 Å². The first-order valence-electron chi connectivity index (χ1n) is 12.4. The van der Waals surface area contributed by atoms with Crippen LogP contribution >= 0.6 is 0 Å². The highest BCUT2D eigenvalue weighted by Gasteiger charge is 2.33. The number of para-hydroxylation sites is 1. The van der Waals surface area contributed by atoms with Crippen molar-refractivity contribution in [3.05, 3.63) is 103 Å². The summed E-state index contributed by atoms with van der Waals surface area (Å²) in [6.07, 6.45) is 2.08. The van der Waals surface area contributed by atoms with Gasteiger partial charge in [0.05, 0.1) is 17.1 Å². The van der Waals surface area contributed by atoms with Gasteiger partial charge in [0.1, 0.15) is 17.2 Å². The van der Waals surface area contributed by atoms with E-state index in [0.717, 1.165) is 0 Å². The molecule has 4 aromatic rings. The second-order valence-corrected chi connectivity index (χ2v) is 10.9. The number of sulfonamides is 1. The maximum Gasteiger partial charge on any atom is 0.314 e. The molecule has 9 nitrogen and oxygen atoms in total. The SMILES string of the molecule is O=C(Nc1cccc(OC(=O)C2CCN(S(=O)(=O)c3ccc(Oc4ccccc4)cc3)CC2)c1)c1ccco1. The van der Waals surface area contributed by atoms with Crippen molar-refractivity contribution in [1.29, 1.82) is 0 Å². The Labute approximate surface area is 226 Å². The van der Waals surface area contributed by atoms with Gasteiger partial charge < -0.3 is 19.2 Å². The van der Waals surface area contributed by atoms with Gasteiger partial charge in [0, 0.05) is 24.8 Å². The second-order valence-electron chi connectivity index (χ2n) is 8.95. The van der Waals surface area contributed by atoms with Gasteiger partial charge in [-0.3, -0.25) is 9.59 Å². The van der Waals surface area contributed by atoms with Crippen molar-refractivity contribution in [3.8, 4) is 17.2 Å². The van der Waals surface area contributed by atoms with Crippen LogP contribution in [0, 0.1) is 5.92 Å². The fourth-order valence-electron chi connectivity index (χ4n) is 4.22. The zero-order valence-corrected chi connectivity index (χ0v) is 21.7. The van der Waals surface area contributed by atoms with Crippen molar-refractivity contribution in [2.45, 2.75) is 17.7 Å².